The zero-order valence-electron chi connectivity index (χ0n) is 12.3. The van der Waals surface area contributed by atoms with E-state index in [1.807, 2.05) is 30.5 Å². The molecule has 7 nitrogen and oxygen atoms in total. The third-order valence-corrected chi connectivity index (χ3v) is 3.93. The normalized spacial score (nSPS) is 17.8. The SMILES string of the molecule is Nc1nccc(-c2c[nH]c3nccc(N4CC=CC(O)C4)c23)n1. The lowest BCUT2D eigenvalue weighted by Gasteiger charge is -2.29. The van der Waals surface area contributed by atoms with Gasteiger partial charge in [0.1, 0.15) is 5.65 Å². The maximum absolute atomic E-state index is 9.90. The molecule has 0 aliphatic carbocycles. The van der Waals surface area contributed by atoms with Crippen LogP contribution in [-0.2, 0) is 0 Å². The van der Waals surface area contributed by atoms with Crippen molar-refractivity contribution in [2.45, 2.75) is 6.10 Å². The van der Waals surface area contributed by atoms with Gasteiger partial charge in [0.2, 0.25) is 5.95 Å². The summed E-state index contributed by atoms with van der Waals surface area (Å²) in [4.78, 5) is 17.9. The van der Waals surface area contributed by atoms with E-state index in [1.165, 1.54) is 0 Å². The van der Waals surface area contributed by atoms with Crippen LogP contribution in [0.2, 0.25) is 0 Å². The van der Waals surface area contributed by atoms with Crippen molar-refractivity contribution in [2.75, 3.05) is 23.7 Å². The third-order valence-electron chi connectivity index (χ3n) is 3.93. The average molecular weight is 308 g/mol. The topological polar surface area (TPSA) is 104 Å². The van der Waals surface area contributed by atoms with E-state index in [9.17, 15) is 5.11 Å². The van der Waals surface area contributed by atoms with Gasteiger partial charge in [-0.25, -0.2) is 15.0 Å². The number of nitrogens with zero attached hydrogens (tertiary/aromatic N) is 4. The monoisotopic (exact) mass is 308 g/mol. The number of pyridine rings is 1. The number of aliphatic hydroxyl groups is 1. The van der Waals surface area contributed by atoms with Gasteiger partial charge in [-0.2, -0.15) is 0 Å². The number of anilines is 2. The van der Waals surface area contributed by atoms with E-state index in [0.717, 1.165) is 34.5 Å². The summed E-state index contributed by atoms with van der Waals surface area (Å²) in [7, 11) is 0. The first-order valence-corrected chi connectivity index (χ1v) is 7.37. The van der Waals surface area contributed by atoms with Gasteiger partial charge in [0.05, 0.1) is 22.9 Å². The van der Waals surface area contributed by atoms with Gasteiger partial charge in [-0.3, -0.25) is 0 Å². The number of β-amino-alcohol motifs (C(OH)–C–C–N with tert-alkyl or cyclic N) is 1. The Morgan fingerprint density at radius 1 is 1.26 bits per heavy atom. The van der Waals surface area contributed by atoms with Crippen LogP contribution in [0.1, 0.15) is 0 Å². The van der Waals surface area contributed by atoms with Crippen molar-refractivity contribution in [1.82, 2.24) is 19.9 Å². The fraction of sp³-hybridized carbons (Fsp3) is 0.188. The van der Waals surface area contributed by atoms with Gasteiger partial charge in [0, 0.05) is 37.2 Å². The molecule has 0 bridgehead atoms. The fourth-order valence-electron chi connectivity index (χ4n) is 2.93. The summed E-state index contributed by atoms with van der Waals surface area (Å²) in [6.45, 7) is 1.29. The van der Waals surface area contributed by atoms with Gasteiger partial charge in [0.15, 0.2) is 0 Å². The molecule has 4 heterocycles. The van der Waals surface area contributed by atoms with Gasteiger partial charge in [0.25, 0.3) is 0 Å². The Labute approximate surface area is 132 Å². The number of nitrogens with two attached hydrogens (primary N) is 1. The molecule has 116 valence electrons. The molecule has 0 fully saturated rings. The van der Waals surface area contributed by atoms with Gasteiger partial charge in [-0.05, 0) is 12.1 Å². The molecule has 1 aliphatic rings. The van der Waals surface area contributed by atoms with Crippen molar-refractivity contribution < 1.29 is 5.11 Å². The van der Waals surface area contributed by atoms with Crippen molar-refractivity contribution >= 4 is 22.7 Å². The Balaban J connectivity index is 1.89. The minimum absolute atomic E-state index is 0.235. The predicted octanol–water partition coefficient (Wildman–Crippen LogP) is 1.34. The highest BCUT2D eigenvalue weighted by Crippen LogP contribution is 2.34. The second kappa shape index (κ2) is 5.36. The Bertz CT molecular complexity index is 887. The maximum atomic E-state index is 9.90. The Morgan fingerprint density at radius 3 is 2.96 bits per heavy atom. The number of aliphatic hydroxyl groups excluding tert-OH is 1. The van der Waals surface area contributed by atoms with Crippen molar-refractivity contribution in [1.29, 1.82) is 0 Å². The van der Waals surface area contributed by atoms with E-state index in [4.69, 9.17) is 5.73 Å². The number of fused-ring (bicyclic) bond motifs is 1. The second-order valence-electron chi connectivity index (χ2n) is 5.46. The number of aromatic nitrogens is 4. The largest absolute Gasteiger partial charge is 0.387 e. The van der Waals surface area contributed by atoms with Crippen LogP contribution in [0.15, 0.2) is 42.9 Å². The summed E-state index contributed by atoms with van der Waals surface area (Å²) in [6, 6.07) is 3.77. The fourth-order valence-corrected chi connectivity index (χ4v) is 2.93. The molecular formula is C16H16N6O. The second-order valence-corrected chi connectivity index (χ2v) is 5.46. The molecule has 0 saturated heterocycles. The first-order chi connectivity index (χ1) is 11.2. The van der Waals surface area contributed by atoms with Crippen LogP contribution in [-0.4, -0.2) is 44.2 Å². The molecule has 1 atom stereocenters. The molecule has 3 aromatic rings. The first kappa shape index (κ1) is 13.7. The van der Waals surface area contributed by atoms with Gasteiger partial charge in [-0.15, -0.1) is 0 Å². The number of nitrogen functional groups attached to an aromatic ring is 1. The van der Waals surface area contributed by atoms with Crippen molar-refractivity contribution in [2.24, 2.45) is 0 Å². The highest BCUT2D eigenvalue weighted by molar-refractivity contribution is 6.02. The smallest absolute Gasteiger partial charge is 0.220 e. The van der Waals surface area contributed by atoms with Gasteiger partial charge < -0.3 is 20.7 Å². The standard InChI is InChI=1S/C16H16N6O/c17-16-19-5-3-12(21-16)11-8-20-15-14(11)13(4-6-18-15)22-7-1-2-10(23)9-22/h1-6,8,10,23H,7,9H2,(H,18,20)(H2,17,19,21). The number of hydrogen-bond donors (Lipinski definition) is 3. The summed E-state index contributed by atoms with van der Waals surface area (Å²) in [5.74, 6) is 0.235. The van der Waals surface area contributed by atoms with Crippen LogP contribution in [0.4, 0.5) is 11.6 Å². The van der Waals surface area contributed by atoms with Crippen molar-refractivity contribution in [3.63, 3.8) is 0 Å². The molecule has 0 saturated carbocycles. The first-order valence-electron chi connectivity index (χ1n) is 7.37. The average Bonchev–Trinajstić information content (AvgIpc) is 2.99. The van der Waals surface area contributed by atoms with Crippen LogP contribution >= 0.6 is 0 Å². The Morgan fingerprint density at radius 2 is 2.13 bits per heavy atom. The molecule has 0 spiro atoms. The number of hydrogen-bond acceptors (Lipinski definition) is 6. The quantitative estimate of drug-likeness (QED) is 0.617. The number of aromatic amines is 1. The molecule has 1 aliphatic heterocycles. The molecule has 4 N–H and O–H groups in total. The molecule has 1 unspecified atom stereocenters. The van der Waals surface area contributed by atoms with Crippen LogP contribution in [0.5, 0.6) is 0 Å². The van der Waals surface area contributed by atoms with Crippen molar-refractivity contribution in [3.05, 3.63) is 42.9 Å². The molecule has 7 heteroatoms. The summed E-state index contributed by atoms with van der Waals surface area (Å²) in [6.07, 6.45) is 8.59. The Hall–Kier alpha value is -2.93. The zero-order valence-corrected chi connectivity index (χ0v) is 12.3. The van der Waals surface area contributed by atoms with E-state index in [1.54, 1.807) is 12.4 Å². The zero-order chi connectivity index (χ0) is 15.8. The number of H-pyrrole nitrogens is 1. The van der Waals surface area contributed by atoms with E-state index < -0.39 is 6.10 Å². The lowest BCUT2D eigenvalue weighted by Crippen LogP contribution is -2.35. The van der Waals surface area contributed by atoms with Gasteiger partial charge >= 0.3 is 0 Å². The minimum Gasteiger partial charge on any atom is -0.387 e. The summed E-state index contributed by atoms with van der Waals surface area (Å²) in [5.41, 5.74) is 9.15. The molecule has 4 rings (SSSR count). The van der Waals surface area contributed by atoms with Crippen LogP contribution in [0.25, 0.3) is 22.3 Å². The molecular weight excluding hydrogens is 292 g/mol. The van der Waals surface area contributed by atoms with Crippen LogP contribution in [0.3, 0.4) is 0 Å². The van der Waals surface area contributed by atoms with Crippen LogP contribution < -0.4 is 10.6 Å². The molecule has 0 amide bonds. The molecule has 3 aromatic heterocycles. The van der Waals surface area contributed by atoms with Crippen molar-refractivity contribution in [3.8, 4) is 11.3 Å². The lowest BCUT2D eigenvalue weighted by atomic mass is 10.1. The molecule has 23 heavy (non-hydrogen) atoms. The summed E-state index contributed by atoms with van der Waals surface area (Å²) in [5, 5.41) is 10.9. The maximum Gasteiger partial charge on any atom is 0.220 e. The van der Waals surface area contributed by atoms with E-state index in [2.05, 4.69) is 24.8 Å². The van der Waals surface area contributed by atoms with E-state index in [-0.39, 0.29) is 5.95 Å². The molecule has 0 radical (unpaired) electrons. The highest BCUT2D eigenvalue weighted by atomic mass is 16.3. The molecule has 0 aromatic carbocycles. The predicted molar refractivity (Wildman–Crippen MR) is 88.9 cm³/mol. The summed E-state index contributed by atoms with van der Waals surface area (Å²) < 4.78 is 0. The van der Waals surface area contributed by atoms with E-state index in [0.29, 0.717) is 6.54 Å². The van der Waals surface area contributed by atoms with Crippen LogP contribution in [0, 0.1) is 0 Å². The Kier molecular flexibility index (Phi) is 3.20. The summed E-state index contributed by atoms with van der Waals surface area (Å²) >= 11 is 0. The van der Waals surface area contributed by atoms with E-state index >= 15 is 0 Å². The van der Waals surface area contributed by atoms with Gasteiger partial charge in [-0.1, -0.05) is 12.2 Å². The number of nitrogens with one attached hydrogen (secondary N) is 1. The highest BCUT2D eigenvalue weighted by Gasteiger charge is 2.19. The third kappa shape index (κ3) is 2.40. The lowest BCUT2D eigenvalue weighted by molar-refractivity contribution is 0.224. The number of rotatable bonds is 2. The minimum atomic E-state index is -0.468.